The van der Waals surface area contributed by atoms with Gasteiger partial charge in [0.05, 0.1) is 23.8 Å². The van der Waals surface area contributed by atoms with E-state index in [1.165, 1.54) is 16.4 Å². The van der Waals surface area contributed by atoms with E-state index >= 15 is 0 Å². The van der Waals surface area contributed by atoms with Gasteiger partial charge in [-0.05, 0) is 31.0 Å². The Balaban J connectivity index is 1.72. The van der Waals surface area contributed by atoms with Crippen LogP contribution in [0.5, 0.6) is 11.5 Å². The molecule has 10 heteroatoms. The second-order valence-corrected chi connectivity index (χ2v) is 8.79. The summed E-state index contributed by atoms with van der Waals surface area (Å²) in [6, 6.07) is 9.05. The molecule has 1 N–H and O–H groups in total. The van der Waals surface area contributed by atoms with Gasteiger partial charge < -0.3 is 14.8 Å². The van der Waals surface area contributed by atoms with Gasteiger partial charge in [-0.1, -0.05) is 0 Å². The summed E-state index contributed by atoms with van der Waals surface area (Å²) in [6.07, 6.45) is 2.33. The first kappa shape index (κ1) is 19.5. The van der Waals surface area contributed by atoms with E-state index in [1.54, 1.807) is 18.2 Å². The second kappa shape index (κ2) is 7.88. The molecule has 2 heterocycles. The normalized spacial score (nSPS) is 17.0. The summed E-state index contributed by atoms with van der Waals surface area (Å²) in [5.41, 5.74) is 0.602. The monoisotopic (exact) mass is 419 g/mol. The van der Waals surface area contributed by atoms with Crippen molar-refractivity contribution in [2.24, 2.45) is 0 Å². The summed E-state index contributed by atoms with van der Waals surface area (Å²) in [6.45, 7) is 1.92. The van der Waals surface area contributed by atoms with E-state index in [0.29, 0.717) is 43.5 Å². The SMILES string of the molecule is O=[N+]([O-])c1ccc(Nc2ccc3c(c2)OCCCO3)c(S(=O)(=O)N2CCCC2)c1. The van der Waals surface area contributed by atoms with Crippen LogP contribution in [0.25, 0.3) is 0 Å². The number of rotatable bonds is 5. The molecule has 0 spiro atoms. The van der Waals surface area contributed by atoms with E-state index in [-0.39, 0.29) is 16.3 Å². The van der Waals surface area contributed by atoms with E-state index < -0.39 is 14.9 Å². The number of hydrogen-bond acceptors (Lipinski definition) is 7. The maximum absolute atomic E-state index is 13.1. The molecular weight excluding hydrogens is 398 g/mol. The minimum Gasteiger partial charge on any atom is -0.490 e. The minimum absolute atomic E-state index is 0.110. The number of fused-ring (bicyclic) bond motifs is 1. The van der Waals surface area contributed by atoms with Gasteiger partial charge in [0.25, 0.3) is 5.69 Å². The van der Waals surface area contributed by atoms with Crippen molar-refractivity contribution >= 4 is 27.1 Å². The van der Waals surface area contributed by atoms with Crippen LogP contribution in [-0.2, 0) is 10.0 Å². The third kappa shape index (κ3) is 3.99. The zero-order valence-electron chi connectivity index (χ0n) is 15.7. The summed E-state index contributed by atoms with van der Waals surface area (Å²) >= 11 is 0. The van der Waals surface area contributed by atoms with Gasteiger partial charge in [-0.3, -0.25) is 10.1 Å². The number of ether oxygens (including phenoxy) is 2. The summed E-state index contributed by atoms with van der Waals surface area (Å²) in [5, 5.41) is 14.3. The topological polar surface area (TPSA) is 111 Å². The van der Waals surface area contributed by atoms with Gasteiger partial charge in [-0.15, -0.1) is 0 Å². The Kier molecular flexibility index (Phi) is 5.29. The fourth-order valence-electron chi connectivity index (χ4n) is 3.41. The molecule has 0 aliphatic carbocycles. The van der Waals surface area contributed by atoms with Crippen molar-refractivity contribution in [3.63, 3.8) is 0 Å². The highest BCUT2D eigenvalue weighted by molar-refractivity contribution is 7.89. The minimum atomic E-state index is -3.86. The Hall–Kier alpha value is -2.85. The molecule has 0 atom stereocenters. The van der Waals surface area contributed by atoms with Crippen LogP contribution in [0.2, 0.25) is 0 Å². The molecule has 2 aliphatic heterocycles. The zero-order chi connectivity index (χ0) is 20.4. The number of benzene rings is 2. The highest BCUT2D eigenvalue weighted by Gasteiger charge is 2.31. The predicted octanol–water partition coefficient (Wildman–Crippen LogP) is 3.28. The number of non-ortho nitro benzene ring substituents is 1. The lowest BCUT2D eigenvalue weighted by Crippen LogP contribution is -2.28. The fraction of sp³-hybridized carbons (Fsp3) is 0.368. The van der Waals surface area contributed by atoms with Crippen molar-refractivity contribution in [2.45, 2.75) is 24.2 Å². The fourth-order valence-corrected chi connectivity index (χ4v) is 5.09. The highest BCUT2D eigenvalue weighted by atomic mass is 32.2. The van der Waals surface area contributed by atoms with Crippen LogP contribution in [0, 0.1) is 10.1 Å². The average molecular weight is 419 g/mol. The van der Waals surface area contributed by atoms with Crippen LogP contribution in [0.3, 0.4) is 0 Å². The summed E-state index contributed by atoms with van der Waals surface area (Å²) in [5.74, 6) is 1.19. The summed E-state index contributed by atoms with van der Waals surface area (Å²) in [4.78, 5) is 10.5. The average Bonchev–Trinajstić information content (AvgIpc) is 3.15. The molecule has 0 bridgehead atoms. The number of anilines is 2. The van der Waals surface area contributed by atoms with Gasteiger partial charge in [0.15, 0.2) is 11.5 Å². The van der Waals surface area contributed by atoms with Crippen LogP contribution in [0.1, 0.15) is 19.3 Å². The number of nitro groups is 1. The first-order valence-electron chi connectivity index (χ1n) is 9.40. The highest BCUT2D eigenvalue weighted by Crippen LogP contribution is 2.36. The predicted molar refractivity (Wildman–Crippen MR) is 106 cm³/mol. The smallest absolute Gasteiger partial charge is 0.270 e. The summed E-state index contributed by atoms with van der Waals surface area (Å²) in [7, 11) is -3.86. The lowest BCUT2D eigenvalue weighted by atomic mass is 10.2. The van der Waals surface area contributed by atoms with E-state index in [1.807, 2.05) is 0 Å². The number of nitro benzene ring substituents is 1. The molecule has 0 saturated carbocycles. The number of sulfonamides is 1. The van der Waals surface area contributed by atoms with Crippen molar-refractivity contribution in [1.82, 2.24) is 4.31 Å². The van der Waals surface area contributed by atoms with Gasteiger partial charge in [0.1, 0.15) is 4.90 Å². The molecule has 1 saturated heterocycles. The zero-order valence-corrected chi connectivity index (χ0v) is 16.5. The lowest BCUT2D eigenvalue weighted by Gasteiger charge is -2.19. The molecule has 29 heavy (non-hydrogen) atoms. The molecule has 0 aromatic heterocycles. The van der Waals surface area contributed by atoms with Crippen molar-refractivity contribution in [3.8, 4) is 11.5 Å². The molecule has 0 unspecified atom stereocenters. The van der Waals surface area contributed by atoms with Crippen LogP contribution in [0.15, 0.2) is 41.3 Å². The Morgan fingerprint density at radius 1 is 0.966 bits per heavy atom. The quantitative estimate of drug-likeness (QED) is 0.585. The summed E-state index contributed by atoms with van der Waals surface area (Å²) < 4.78 is 38.9. The van der Waals surface area contributed by atoms with E-state index in [0.717, 1.165) is 25.3 Å². The standard InChI is InChI=1S/C19H21N3O6S/c23-22(24)15-5-6-16(19(13-15)29(25,26)21-8-1-2-9-21)20-14-4-7-17-18(12-14)28-11-3-10-27-17/h4-7,12-13,20H,1-3,8-11H2. The third-order valence-electron chi connectivity index (χ3n) is 4.89. The Bertz CT molecular complexity index is 1030. The first-order chi connectivity index (χ1) is 13.9. The van der Waals surface area contributed by atoms with Crippen LogP contribution in [0.4, 0.5) is 17.1 Å². The van der Waals surface area contributed by atoms with E-state index in [4.69, 9.17) is 9.47 Å². The first-order valence-corrected chi connectivity index (χ1v) is 10.8. The molecular formula is C19H21N3O6S. The molecule has 2 aliphatic rings. The molecule has 0 radical (unpaired) electrons. The van der Waals surface area contributed by atoms with Gasteiger partial charge in [-0.25, -0.2) is 8.42 Å². The molecule has 2 aromatic carbocycles. The van der Waals surface area contributed by atoms with Crippen molar-refractivity contribution in [2.75, 3.05) is 31.6 Å². The molecule has 2 aromatic rings. The molecule has 4 rings (SSSR count). The van der Waals surface area contributed by atoms with Gasteiger partial charge in [-0.2, -0.15) is 4.31 Å². The Morgan fingerprint density at radius 3 is 2.41 bits per heavy atom. The largest absolute Gasteiger partial charge is 0.490 e. The van der Waals surface area contributed by atoms with Crippen molar-refractivity contribution < 1.29 is 22.8 Å². The Morgan fingerprint density at radius 2 is 1.69 bits per heavy atom. The molecule has 9 nitrogen and oxygen atoms in total. The van der Waals surface area contributed by atoms with Crippen LogP contribution >= 0.6 is 0 Å². The van der Waals surface area contributed by atoms with E-state index in [9.17, 15) is 18.5 Å². The van der Waals surface area contributed by atoms with E-state index in [2.05, 4.69) is 5.32 Å². The van der Waals surface area contributed by atoms with Gasteiger partial charge in [0.2, 0.25) is 10.0 Å². The molecule has 0 amide bonds. The second-order valence-electron chi connectivity index (χ2n) is 6.89. The van der Waals surface area contributed by atoms with Crippen LogP contribution in [-0.4, -0.2) is 43.9 Å². The maximum Gasteiger partial charge on any atom is 0.270 e. The third-order valence-corrected chi connectivity index (χ3v) is 6.82. The number of nitrogens with one attached hydrogen (secondary N) is 1. The maximum atomic E-state index is 13.1. The molecule has 154 valence electrons. The Labute approximate surface area is 168 Å². The number of nitrogens with zero attached hydrogens (tertiary/aromatic N) is 2. The van der Waals surface area contributed by atoms with Crippen molar-refractivity contribution in [1.29, 1.82) is 0 Å². The number of hydrogen-bond donors (Lipinski definition) is 1. The van der Waals surface area contributed by atoms with Crippen LogP contribution < -0.4 is 14.8 Å². The van der Waals surface area contributed by atoms with Gasteiger partial charge >= 0.3 is 0 Å². The van der Waals surface area contributed by atoms with Crippen molar-refractivity contribution in [3.05, 3.63) is 46.5 Å². The van der Waals surface area contributed by atoms with Gasteiger partial charge in [0, 0.05) is 43.4 Å². The lowest BCUT2D eigenvalue weighted by molar-refractivity contribution is -0.385. The molecule has 1 fully saturated rings.